The number of rotatable bonds is 7. The molecular formula is C14H27N3O3. The van der Waals surface area contributed by atoms with Crippen molar-refractivity contribution in [1.29, 1.82) is 0 Å². The Hall–Kier alpha value is -1.14. The quantitative estimate of drug-likeness (QED) is 0.650. The van der Waals surface area contributed by atoms with Crippen LogP contribution in [0.4, 0.5) is 0 Å². The van der Waals surface area contributed by atoms with Crippen LogP contribution < -0.4 is 11.1 Å². The van der Waals surface area contributed by atoms with Gasteiger partial charge in [0.15, 0.2) is 0 Å². The number of amides is 2. The minimum absolute atomic E-state index is 0.0288. The van der Waals surface area contributed by atoms with E-state index in [1.807, 2.05) is 0 Å². The number of nitrogens with zero attached hydrogens (tertiary/aromatic N) is 1. The van der Waals surface area contributed by atoms with E-state index in [1.165, 1.54) is 4.90 Å². The highest BCUT2D eigenvalue weighted by molar-refractivity contribution is 5.85. The second kappa shape index (κ2) is 8.92. The molecule has 6 heteroatoms. The van der Waals surface area contributed by atoms with E-state index in [2.05, 4.69) is 5.32 Å². The van der Waals surface area contributed by atoms with Crippen LogP contribution in [-0.4, -0.2) is 56.6 Å². The molecule has 2 amide bonds. The first-order valence-electron chi connectivity index (χ1n) is 7.30. The molecule has 1 rings (SSSR count). The number of ether oxygens (including phenoxy) is 1. The van der Waals surface area contributed by atoms with Crippen molar-refractivity contribution in [2.24, 2.45) is 11.7 Å². The summed E-state index contributed by atoms with van der Waals surface area (Å²) in [6.07, 6.45) is 4.24. The predicted octanol–water partition coefficient (Wildman–Crippen LogP) is 0.115. The van der Waals surface area contributed by atoms with Gasteiger partial charge >= 0.3 is 0 Å². The van der Waals surface area contributed by atoms with Crippen molar-refractivity contribution in [2.75, 3.05) is 33.9 Å². The average molecular weight is 285 g/mol. The first-order valence-corrected chi connectivity index (χ1v) is 7.30. The van der Waals surface area contributed by atoms with Crippen molar-refractivity contribution in [2.45, 2.75) is 38.1 Å². The number of hydrogen-bond donors (Lipinski definition) is 2. The standard InChI is InChI=1S/C14H27N3O3/c1-17(10-13(18)16-8-3-9-20-2)14(19)11-4-6-12(15)7-5-11/h11-12H,3-10,15H2,1-2H3,(H,16,18). The van der Waals surface area contributed by atoms with Gasteiger partial charge in [0.05, 0.1) is 6.54 Å². The number of likely N-dealkylation sites (N-methyl/N-ethyl adjacent to an activating group) is 1. The molecule has 0 aromatic heterocycles. The molecular weight excluding hydrogens is 258 g/mol. The van der Waals surface area contributed by atoms with E-state index in [0.717, 1.165) is 32.1 Å². The number of hydrogen-bond acceptors (Lipinski definition) is 4. The van der Waals surface area contributed by atoms with Crippen molar-refractivity contribution >= 4 is 11.8 Å². The molecule has 1 aliphatic carbocycles. The molecule has 0 unspecified atom stereocenters. The van der Waals surface area contributed by atoms with E-state index >= 15 is 0 Å². The Bertz CT molecular complexity index is 315. The van der Waals surface area contributed by atoms with Crippen LogP contribution in [0.5, 0.6) is 0 Å². The molecule has 20 heavy (non-hydrogen) atoms. The Labute approximate surface area is 121 Å². The molecule has 1 saturated carbocycles. The average Bonchev–Trinajstić information content (AvgIpc) is 2.43. The fraction of sp³-hybridized carbons (Fsp3) is 0.857. The van der Waals surface area contributed by atoms with Crippen LogP contribution in [0.2, 0.25) is 0 Å². The monoisotopic (exact) mass is 285 g/mol. The molecule has 6 nitrogen and oxygen atoms in total. The zero-order chi connectivity index (χ0) is 15.0. The fourth-order valence-electron chi connectivity index (χ4n) is 2.47. The number of methoxy groups -OCH3 is 1. The van der Waals surface area contributed by atoms with Gasteiger partial charge in [-0.1, -0.05) is 0 Å². The van der Waals surface area contributed by atoms with Gasteiger partial charge in [-0.2, -0.15) is 0 Å². The summed E-state index contributed by atoms with van der Waals surface area (Å²) < 4.78 is 4.90. The van der Waals surface area contributed by atoms with Gasteiger partial charge in [-0.05, 0) is 32.1 Å². The highest BCUT2D eigenvalue weighted by Gasteiger charge is 2.27. The first-order chi connectivity index (χ1) is 9.54. The second-order valence-electron chi connectivity index (χ2n) is 5.50. The number of nitrogens with two attached hydrogens (primary N) is 1. The van der Waals surface area contributed by atoms with Gasteiger partial charge in [0, 0.05) is 39.3 Å². The summed E-state index contributed by atoms with van der Waals surface area (Å²) in [7, 11) is 3.32. The maximum absolute atomic E-state index is 12.2. The zero-order valence-corrected chi connectivity index (χ0v) is 12.6. The van der Waals surface area contributed by atoms with E-state index in [4.69, 9.17) is 10.5 Å². The van der Waals surface area contributed by atoms with Gasteiger partial charge in [-0.3, -0.25) is 9.59 Å². The third-order valence-corrected chi connectivity index (χ3v) is 3.73. The van der Waals surface area contributed by atoms with Gasteiger partial charge < -0.3 is 20.7 Å². The molecule has 1 fully saturated rings. The van der Waals surface area contributed by atoms with Crippen LogP contribution in [0.1, 0.15) is 32.1 Å². The molecule has 0 spiro atoms. The number of carbonyl (C=O) groups is 2. The molecule has 0 radical (unpaired) electrons. The Morgan fingerprint density at radius 2 is 1.95 bits per heavy atom. The Morgan fingerprint density at radius 1 is 1.30 bits per heavy atom. The van der Waals surface area contributed by atoms with Crippen LogP contribution in [0.25, 0.3) is 0 Å². The Morgan fingerprint density at radius 3 is 2.55 bits per heavy atom. The lowest BCUT2D eigenvalue weighted by molar-refractivity contribution is -0.138. The van der Waals surface area contributed by atoms with Gasteiger partial charge in [0.2, 0.25) is 11.8 Å². The van der Waals surface area contributed by atoms with Crippen molar-refractivity contribution in [1.82, 2.24) is 10.2 Å². The van der Waals surface area contributed by atoms with E-state index in [1.54, 1.807) is 14.2 Å². The minimum atomic E-state index is -0.121. The maximum atomic E-state index is 12.2. The van der Waals surface area contributed by atoms with E-state index in [9.17, 15) is 9.59 Å². The third-order valence-electron chi connectivity index (χ3n) is 3.73. The Kier molecular flexibility index (Phi) is 7.54. The molecule has 0 aromatic rings. The summed E-state index contributed by atoms with van der Waals surface area (Å²) in [5, 5.41) is 2.78. The van der Waals surface area contributed by atoms with Gasteiger partial charge in [0.25, 0.3) is 0 Å². The predicted molar refractivity (Wildman–Crippen MR) is 77.1 cm³/mol. The van der Waals surface area contributed by atoms with Crippen LogP contribution >= 0.6 is 0 Å². The van der Waals surface area contributed by atoms with Gasteiger partial charge in [-0.25, -0.2) is 0 Å². The normalized spacial score (nSPS) is 22.4. The summed E-state index contributed by atoms with van der Waals surface area (Å²) in [5.74, 6) is -0.0329. The fourth-order valence-corrected chi connectivity index (χ4v) is 2.47. The van der Waals surface area contributed by atoms with Crippen molar-refractivity contribution in [3.63, 3.8) is 0 Å². The molecule has 116 valence electrons. The van der Waals surface area contributed by atoms with E-state index < -0.39 is 0 Å². The molecule has 0 heterocycles. The molecule has 1 aliphatic rings. The summed E-state index contributed by atoms with van der Waals surface area (Å²) in [4.78, 5) is 25.4. The Balaban J connectivity index is 2.25. The number of carbonyl (C=O) groups excluding carboxylic acids is 2. The van der Waals surface area contributed by atoms with Crippen LogP contribution in [0.15, 0.2) is 0 Å². The molecule has 3 N–H and O–H groups in total. The molecule has 0 bridgehead atoms. The van der Waals surface area contributed by atoms with Crippen molar-refractivity contribution in [3.05, 3.63) is 0 Å². The molecule has 0 atom stereocenters. The summed E-state index contributed by atoms with van der Waals surface area (Å²) >= 11 is 0. The maximum Gasteiger partial charge on any atom is 0.239 e. The van der Waals surface area contributed by atoms with Gasteiger partial charge in [-0.15, -0.1) is 0 Å². The lowest BCUT2D eigenvalue weighted by Crippen LogP contribution is -2.42. The van der Waals surface area contributed by atoms with E-state index in [-0.39, 0.29) is 30.3 Å². The van der Waals surface area contributed by atoms with Crippen LogP contribution in [-0.2, 0) is 14.3 Å². The lowest BCUT2D eigenvalue weighted by Gasteiger charge is -2.28. The molecule has 0 saturated heterocycles. The SMILES string of the molecule is COCCCNC(=O)CN(C)C(=O)C1CCC(N)CC1. The smallest absolute Gasteiger partial charge is 0.239 e. The van der Waals surface area contributed by atoms with Crippen LogP contribution in [0.3, 0.4) is 0 Å². The van der Waals surface area contributed by atoms with Crippen molar-refractivity contribution < 1.29 is 14.3 Å². The molecule has 0 aromatic carbocycles. The lowest BCUT2D eigenvalue weighted by atomic mass is 9.85. The molecule has 0 aliphatic heterocycles. The second-order valence-corrected chi connectivity index (χ2v) is 5.50. The summed E-state index contributed by atoms with van der Waals surface area (Å²) in [6, 6.07) is 0.230. The summed E-state index contributed by atoms with van der Waals surface area (Å²) in [5.41, 5.74) is 5.83. The van der Waals surface area contributed by atoms with Gasteiger partial charge in [0.1, 0.15) is 0 Å². The first kappa shape index (κ1) is 16.9. The van der Waals surface area contributed by atoms with Crippen LogP contribution in [0, 0.1) is 5.92 Å². The third kappa shape index (κ3) is 5.88. The zero-order valence-electron chi connectivity index (χ0n) is 12.6. The minimum Gasteiger partial charge on any atom is -0.385 e. The largest absolute Gasteiger partial charge is 0.385 e. The van der Waals surface area contributed by atoms with E-state index in [0.29, 0.717) is 13.2 Å². The highest BCUT2D eigenvalue weighted by Crippen LogP contribution is 2.24. The summed E-state index contributed by atoms with van der Waals surface area (Å²) in [6.45, 7) is 1.32. The van der Waals surface area contributed by atoms with Crippen molar-refractivity contribution in [3.8, 4) is 0 Å². The topological polar surface area (TPSA) is 84.7 Å². The highest BCUT2D eigenvalue weighted by atomic mass is 16.5. The number of nitrogens with one attached hydrogen (secondary N) is 1.